The third kappa shape index (κ3) is 3.18. The van der Waals surface area contributed by atoms with Crippen molar-refractivity contribution >= 4 is 11.6 Å². The quantitative estimate of drug-likeness (QED) is 0.438. The minimum absolute atomic E-state index is 0.156. The summed E-state index contributed by atoms with van der Waals surface area (Å²) in [6.45, 7) is 0. The molecule has 0 saturated carbocycles. The molecule has 32 heavy (non-hydrogen) atoms. The molecule has 3 heterocycles. The fraction of sp³-hybridized carbons (Fsp3) is 0.0385. The molecular formula is C26H20N6. The van der Waals surface area contributed by atoms with Crippen molar-refractivity contribution < 1.29 is 0 Å². The molecular weight excluding hydrogens is 396 g/mol. The average molecular weight is 416 g/mol. The third-order valence-corrected chi connectivity index (χ3v) is 5.62. The topological polar surface area (TPSA) is 60.6 Å². The molecule has 0 amide bonds. The van der Waals surface area contributed by atoms with Crippen molar-refractivity contribution in [3.63, 3.8) is 0 Å². The Bertz CT molecular complexity index is 1380. The number of hydrogen-bond donors (Lipinski definition) is 1. The molecule has 2 aromatic heterocycles. The lowest BCUT2D eigenvalue weighted by atomic mass is 9.99. The first kappa shape index (κ1) is 18.3. The van der Waals surface area contributed by atoms with Gasteiger partial charge in [-0.1, -0.05) is 78.9 Å². The van der Waals surface area contributed by atoms with Crippen LogP contribution in [-0.4, -0.2) is 24.5 Å². The van der Waals surface area contributed by atoms with E-state index in [-0.39, 0.29) is 6.04 Å². The van der Waals surface area contributed by atoms with Crippen LogP contribution in [0.1, 0.15) is 17.2 Å². The summed E-state index contributed by atoms with van der Waals surface area (Å²) in [5.74, 6) is 0.711. The second-order valence-electron chi connectivity index (χ2n) is 7.62. The average Bonchev–Trinajstić information content (AvgIpc) is 3.53. The fourth-order valence-electron chi connectivity index (χ4n) is 4.08. The molecule has 1 unspecified atom stereocenters. The van der Waals surface area contributed by atoms with Gasteiger partial charge in [0, 0.05) is 23.0 Å². The summed E-state index contributed by atoms with van der Waals surface area (Å²) >= 11 is 0. The minimum Gasteiger partial charge on any atom is -0.324 e. The number of benzene rings is 3. The van der Waals surface area contributed by atoms with Gasteiger partial charge in [0.2, 0.25) is 5.95 Å². The molecule has 1 aliphatic rings. The predicted molar refractivity (Wildman–Crippen MR) is 125 cm³/mol. The van der Waals surface area contributed by atoms with E-state index >= 15 is 0 Å². The van der Waals surface area contributed by atoms with Crippen LogP contribution >= 0.6 is 0 Å². The van der Waals surface area contributed by atoms with Crippen LogP contribution in [0.3, 0.4) is 0 Å². The smallest absolute Gasteiger partial charge is 0.226 e. The highest BCUT2D eigenvalue weighted by Crippen LogP contribution is 2.36. The van der Waals surface area contributed by atoms with Crippen LogP contribution in [0, 0.1) is 0 Å². The number of allylic oxidation sites excluding steroid dienone is 1. The molecule has 0 fully saturated rings. The predicted octanol–water partition coefficient (Wildman–Crippen LogP) is 5.19. The lowest BCUT2D eigenvalue weighted by molar-refractivity contribution is 0.612. The van der Waals surface area contributed by atoms with Crippen LogP contribution in [0.25, 0.3) is 22.6 Å². The molecule has 6 heteroatoms. The SMILES string of the molecule is C1=C(c2ccccc2)Nc2ncnn2C1c1cn(-c2ccccc2)nc1-c1ccccc1. The Morgan fingerprint density at radius 2 is 1.41 bits per heavy atom. The Labute approximate surface area is 185 Å². The van der Waals surface area contributed by atoms with E-state index in [9.17, 15) is 0 Å². The van der Waals surface area contributed by atoms with Gasteiger partial charge in [0.25, 0.3) is 0 Å². The molecule has 0 saturated heterocycles. The highest BCUT2D eigenvalue weighted by atomic mass is 15.4. The monoisotopic (exact) mass is 416 g/mol. The number of nitrogens with one attached hydrogen (secondary N) is 1. The van der Waals surface area contributed by atoms with Crippen molar-refractivity contribution in [2.45, 2.75) is 6.04 Å². The maximum atomic E-state index is 4.99. The fourth-order valence-corrected chi connectivity index (χ4v) is 4.08. The van der Waals surface area contributed by atoms with Gasteiger partial charge in [-0.25, -0.2) is 9.36 Å². The first-order valence-electron chi connectivity index (χ1n) is 10.5. The van der Waals surface area contributed by atoms with Crippen molar-refractivity contribution in [2.75, 3.05) is 5.32 Å². The Morgan fingerprint density at radius 3 is 2.12 bits per heavy atom. The summed E-state index contributed by atoms with van der Waals surface area (Å²) in [5, 5.41) is 12.9. The minimum atomic E-state index is -0.156. The van der Waals surface area contributed by atoms with Crippen LogP contribution in [-0.2, 0) is 0 Å². The number of hydrogen-bond acceptors (Lipinski definition) is 4. The second kappa shape index (κ2) is 7.67. The largest absolute Gasteiger partial charge is 0.324 e. The lowest BCUT2D eigenvalue weighted by Gasteiger charge is -2.24. The zero-order valence-corrected chi connectivity index (χ0v) is 17.2. The molecule has 1 atom stereocenters. The van der Waals surface area contributed by atoms with Crippen LogP contribution in [0.4, 0.5) is 5.95 Å². The number of nitrogens with zero attached hydrogens (tertiary/aromatic N) is 5. The summed E-state index contributed by atoms with van der Waals surface area (Å²) in [4.78, 5) is 4.45. The van der Waals surface area contributed by atoms with E-state index in [1.165, 1.54) is 0 Å². The van der Waals surface area contributed by atoms with Gasteiger partial charge in [0.1, 0.15) is 12.4 Å². The summed E-state index contributed by atoms with van der Waals surface area (Å²) < 4.78 is 3.84. The number of para-hydroxylation sites is 1. The molecule has 1 aliphatic heterocycles. The maximum absolute atomic E-state index is 4.99. The van der Waals surface area contributed by atoms with E-state index < -0.39 is 0 Å². The molecule has 0 radical (unpaired) electrons. The van der Waals surface area contributed by atoms with Gasteiger partial charge in [-0.2, -0.15) is 15.2 Å². The molecule has 0 aliphatic carbocycles. The van der Waals surface area contributed by atoms with E-state index in [1.54, 1.807) is 6.33 Å². The normalized spacial score (nSPS) is 15.0. The van der Waals surface area contributed by atoms with Gasteiger partial charge in [-0.3, -0.25) is 0 Å². The van der Waals surface area contributed by atoms with Crippen LogP contribution < -0.4 is 5.32 Å². The van der Waals surface area contributed by atoms with Crippen molar-refractivity contribution in [3.05, 3.63) is 121 Å². The number of anilines is 1. The van der Waals surface area contributed by atoms with Gasteiger partial charge >= 0.3 is 0 Å². The van der Waals surface area contributed by atoms with E-state index in [4.69, 9.17) is 5.10 Å². The first-order valence-corrected chi connectivity index (χ1v) is 10.5. The van der Waals surface area contributed by atoms with Crippen molar-refractivity contribution in [2.24, 2.45) is 0 Å². The van der Waals surface area contributed by atoms with Gasteiger partial charge < -0.3 is 5.32 Å². The van der Waals surface area contributed by atoms with Gasteiger partial charge in [0.15, 0.2) is 0 Å². The summed E-state index contributed by atoms with van der Waals surface area (Å²) in [7, 11) is 0. The highest BCUT2D eigenvalue weighted by Gasteiger charge is 2.28. The summed E-state index contributed by atoms with van der Waals surface area (Å²) in [5.41, 5.74) is 6.15. The van der Waals surface area contributed by atoms with Crippen LogP contribution in [0.2, 0.25) is 0 Å². The van der Waals surface area contributed by atoms with Crippen molar-refractivity contribution in [1.29, 1.82) is 0 Å². The molecule has 154 valence electrons. The van der Waals surface area contributed by atoms with Gasteiger partial charge in [0.05, 0.1) is 11.4 Å². The Morgan fingerprint density at radius 1 is 0.750 bits per heavy atom. The molecule has 3 aromatic carbocycles. The first-order chi connectivity index (χ1) is 15.9. The lowest BCUT2D eigenvalue weighted by Crippen LogP contribution is -2.20. The van der Waals surface area contributed by atoms with E-state index in [1.807, 2.05) is 64.0 Å². The molecule has 0 bridgehead atoms. The second-order valence-corrected chi connectivity index (χ2v) is 7.62. The Hall–Kier alpha value is -4.45. The summed E-state index contributed by atoms with van der Waals surface area (Å²) in [6.07, 6.45) is 5.87. The standard InChI is InChI=1S/C26H20N6/c1-4-10-19(11-5-1)23-16-24(32-26(29-23)27-18-28-32)22-17-31(21-14-8-3-9-15-21)30-25(22)20-12-6-2-7-13-20/h1-18,24H,(H,27,28,29). The van der Waals surface area contributed by atoms with Crippen molar-refractivity contribution in [1.82, 2.24) is 24.5 Å². The molecule has 1 N–H and O–H groups in total. The van der Waals surface area contributed by atoms with E-state index in [0.717, 1.165) is 33.8 Å². The zero-order valence-electron chi connectivity index (χ0n) is 17.2. The molecule has 6 rings (SSSR count). The van der Waals surface area contributed by atoms with Crippen LogP contribution in [0.5, 0.6) is 0 Å². The third-order valence-electron chi connectivity index (χ3n) is 5.62. The maximum Gasteiger partial charge on any atom is 0.226 e. The Kier molecular flexibility index (Phi) is 4.39. The van der Waals surface area contributed by atoms with Gasteiger partial charge in [-0.15, -0.1) is 0 Å². The summed E-state index contributed by atoms with van der Waals surface area (Å²) in [6, 6.07) is 30.5. The Balaban J connectivity index is 1.55. The van der Waals surface area contributed by atoms with Crippen LogP contribution in [0.15, 0.2) is 110 Å². The van der Waals surface area contributed by atoms with Gasteiger partial charge in [-0.05, 0) is 23.8 Å². The zero-order chi connectivity index (χ0) is 21.3. The van der Waals surface area contributed by atoms with E-state index in [0.29, 0.717) is 5.95 Å². The number of rotatable bonds is 4. The van der Waals surface area contributed by atoms with Crippen molar-refractivity contribution in [3.8, 4) is 16.9 Å². The molecule has 5 aromatic rings. The highest BCUT2D eigenvalue weighted by molar-refractivity contribution is 5.78. The van der Waals surface area contributed by atoms with E-state index in [2.05, 4.69) is 64.1 Å². The number of aromatic nitrogens is 5. The molecule has 6 nitrogen and oxygen atoms in total. The molecule has 0 spiro atoms. The number of fused-ring (bicyclic) bond motifs is 1.